The maximum atomic E-state index is 12.7. The van der Waals surface area contributed by atoms with Crippen LogP contribution in [0.25, 0.3) is 5.57 Å². The van der Waals surface area contributed by atoms with Crippen molar-refractivity contribution >= 4 is 5.57 Å². The molecular weight excluding hydrogens is 403 g/mol. The maximum Gasteiger partial charge on any atom is 0.416 e. The zero-order chi connectivity index (χ0) is 22.3. The summed E-state index contributed by atoms with van der Waals surface area (Å²) >= 11 is 0. The molecule has 1 unspecified atom stereocenters. The van der Waals surface area contributed by atoms with E-state index in [0.29, 0.717) is 6.61 Å². The highest BCUT2D eigenvalue weighted by atomic mass is 19.4. The van der Waals surface area contributed by atoms with E-state index in [4.69, 9.17) is 9.47 Å². The van der Waals surface area contributed by atoms with Gasteiger partial charge >= 0.3 is 6.18 Å². The van der Waals surface area contributed by atoms with Crippen molar-refractivity contribution in [2.24, 2.45) is 0 Å². The summed E-state index contributed by atoms with van der Waals surface area (Å²) in [4.78, 5) is 2.28. The van der Waals surface area contributed by atoms with Crippen LogP contribution in [0.2, 0.25) is 0 Å². The Hall–Kier alpha value is -2.31. The molecule has 0 spiro atoms. The Morgan fingerprint density at radius 2 is 1.74 bits per heavy atom. The van der Waals surface area contributed by atoms with E-state index in [1.54, 1.807) is 12.1 Å². The van der Waals surface area contributed by atoms with Gasteiger partial charge in [0.1, 0.15) is 12.4 Å². The van der Waals surface area contributed by atoms with Gasteiger partial charge in [0.15, 0.2) is 0 Å². The second kappa shape index (κ2) is 10.8. The maximum absolute atomic E-state index is 12.7. The average Bonchev–Trinajstić information content (AvgIpc) is 2.75. The summed E-state index contributed by atoms with van der Waals surface area (Å²) in [5, 5.41) is 0. The summed E-state index contributed by atoms with van der Waals surface area (Å²) in [5.74, 6) is 0.853. The molecule has 31 heavy (non-hydrogen) atoms. The highest BCUT2D eigenvalue weighted by molar-refractivity contribution is 5.66. The molecule has 0 fully saturated rings. The zero-order valence-electron chi connectivity index (χ0n) is 18.1. The molecule has 1 heterocycles. The summed E-state index contributed by atoms with van der Waals surface area (Å²) in [5.41, 5.74) is 2.58. The highest BCUT2D eigenvalue weighted by Gasteiger charge is 2.30. The Morgan fingerprint density at radius 1 is 1.03 bits per heavy atom. The van der Waals surface area contributed by atoms with E-state index >= 15 is 0 Å². The molecule has 3 rings (SSSR count). The molecule has 3 nitrogen and oxygen atoms in total. The van der Waals surface area contributed by atoms with Crippen molar-refractivity contribution in [1.29, 1.82) is 0 Å². The molecule has 0 saturated carbocycles. The molecule has 0 N–H and O–H groups in total. The van der Waals surface area contributed by atoms with Crippen molar-refractivity contribution < 1.29 is 22.6 Å². The minimum Gasteiger partial charge on any atom is -0.492 e. The number of hydrogen-bond donors (Lipinski definition) is 0. The summed E-state index contributed by atoms with van der Waals surface area (Å²) in [6.45, 7) is 7.83. The van der Waals surface area contributed by atoms with Crippen LogP contribution in [0.15, 0.2) is 54.6 Å². The quantitative estimate of drug-likeness (QED) is 0.496. The number of hydrogen-bond acceptors (Lipinski definition) is 3. The fourth-order valence-corrected chi connectivity index (χ4v) is 3.74. The standard InChI is InChI=1S/C25H30F3NO2/c1-3-30-19(2)18-20-4-10-24(11-5-20)31-17-16-29-14-12-22(13-15-29)21-6-8-23(9-7-21)25(26,27)28/h4-12,19H,3,13-18H2,1-2H3. The van der Waals surface area contributed by atoms with Crippen LogP contribution < -0.4 is 4.74 Å². The molecule has 0 radical (unpaired) electrons. The molecule has 2 aromatic carbocycles. The van der Waals surface area contributed by atoms with Gasteiger partial charge in [0.25, 0.3) is 0 Å². The van der Waals surface area contributed by atoms with Crippen LogP contribution in [-0.4, -0.2) is 43.9 Å². The van der Waals surface area contributed by atoms with E-state index < -0.39 is 11.7 Å². The lowest BCUT2D eigenvalue weighted by Crippen LogP contribution is -2.32. The molecule has 0 saturated heterocycles. The smallest absolute Gasteiger partial charge is 0.416 e. The second-order valence-corrected chi connectivity index (χ2v) is 7.82. The van der Waals surface area contributed by atoms with Gasteiger partial charge in [0.05, 0.1) is 11.7 Å². The first kappa shape index (κ1) is 23.4. The summed E-state index contributed by atoms with van der Waals surface area (Å²) in [7, 11) is 0. The number of benzene rings is 2. The van der Waals surface area contributed by atoms with Crippen molar-refractivity contribution in [2.75, 3.05) is 32.8 Å². The van der Waals surface area contributed by atoms with Gasteiger partial charge in [-0.05, 0) is 67.7 Å². The van der Waals surface area contributed by atoms with E-state index in [0.717, 1.165) is 68.1 Å². The Balaban J connectivity index is 1.42. The Bertz CT molecular complexity index is 845. The summed E-state index contributed by atoms with van der Waals surface area (Å²) in [6, 6.07) is 13.6. The average molecular weight is 434 g/mol. The Morgan fingerprint density at radius 3 is 2.32 bits per heavy atom. The van der Waals surface area contributed by atoms with Crippen LogP contribution in [-0.2, 0) is 17.3 Å². The molecule has 1 aliphatic rings. The summed E-state index contributed by atoms with van der Waals surface area (Å²) in [6.07, 6.45) is -0.289. The van der Waals surface area contributed by atoms with Crippen LogP contribution in [0, 0.1) is 0 Å². The third-order valence-electron chi connectivity index (χ3n) is 5.45. The summed E-state index contributed by atoms with van der Waals surface area (Å²) < 4.78 is 49.6. The minimum absolute atomic E-state index is 0.205. The van der Waals surface area contributed by atoms with Crippen molar-refractivity contribution in [3.05, 3.63) is 71.3 Å². The van der Waals surface area contributed by atoms with Gasteiger partial charge in [-0.3, -0.25) is 4.90 Å². The normalized spacial score (nSPS) is 16.1. The number of rotatable bonds is 9. The number of nitrogens with zero attached hydrogens (tertiary/aromatic N) is 1. The van der Waals surface area contributed by atoms with Gasteiger partial charge in [-0.25, -0.2) is 0 Å². The van der Waals surface area contributed by atoms with Gasteiger partial charge in [-0.15, -0.1) is 0 Å². The van der Waals surface area contributed by atoms with Crippen LogP contribution in [0.4, 0.5) is 13.2 Å². The topological polar surface area (TPSA) is 21.7 Å². The van der Waals surface area contributed by atoms with Crippen molar-refractivity contribution in [2.45, 2.75) is 39.0 Å². The lowest BCUT2D eigenvalue weighted by molar-refractivity contribution is -0.137. The molecule has 0 aromatic heterocycles. The van der Waals surface area contributed by atoms with E-state index in [-0.39, 0.29) is 6.10 Å². The molecule has 168 valence electrons. The molecule has 0 amide bonds. The van der Waals surface area contributed by atoms with Gasteiger partial charge in [0, 0.05) is 26.2 Å². The fraction of sp³-hybridized carbons (Fsp3) is 0.440. The van der Waals surface area contributed by atoms with Crippen LogP contribution in [0.3, 0.4) is 0 Å². The molecule has 0 bridgehead atoms. The first-order chi connectivity index (χ1) is 14.8. The number of alkyl halides is 3. The SMILES string of the molecule is CCOC(C)Cc1ccc(OCCN2CC=C(c3ccc(C(F)(F)F)cc3)CC2)cc1. The largest absolute Gasteiger partial charge is 0.492 e. The first-order valence-electron chi connectivity index (χ1n) is 10.8. The Labute approximate surface area is 182 Å². The van der Waals surface area contributed by atoms with E-state index in [1.807, 2.05) is 19.1 Å². The van der Waals surface area contributed by atoms with Gasteiger partial charge in [0.2, 0.25) is 0 Å². The molecule has 0 aliphatic carbocycles. The molecule has 6 heteroatoms. The monoisotopic (exact) mass is 433 g/mol. The van der Waals surface area contributed by atoms with Crippen molar-refractivity contribution in [3.63, 3.8) is 0 Å². The van der Waals surface area contributed by atoms with Crippen LogP contribution >= 0.6 is 0 Å². The van der Waals surface area contributed by atoms with Crippen LogP contribution in [0.1, 0.15) is 37.0 Å². The Kier molecular flexibility index (Phi) is 8.15. The molecule has 1 aliphatic heterocycles. The predicted octanol–water partition coefficient (Wildman–Crippen LogP) is 5.84. The van der Waals surface area contributed by atoms with E-state index in [1.165, 1.54) is 5.56 Å². The van der Waals surface area contributed by atoms with E-state index in [2.05, 4.69) is 30.0 Å². The van der Waals surface area contributed by atoms with Crippen LogP contribution in [0.5, 0.6) is 5.75 Å². The van der Waals surface area contributed by atoms with Gasteiger partial charge < -0.3 is 9.47 Å². The minimum atomic E-state index is -4.29. The number of halogens is 3. The second-order valence-electron chi connectivity index (χ2n) is 7.82. The third kappa shape index (κ3) is 7.11. The van der Waals surface area contributed by atoms with Gasteiger partial charge in [-0.2, -0.15) is 13.2 Å². The lowest BCUT2D eigenvalue weighted by atomic mass is 9.98. The highest BCUT2D eigenvalue weighted by Crippen LogP contribution is 2.31. The van der Waals surface area contributed by atoms with Crippen molar-refractivity contribution in [3.8, 4) is 5.75 Å². The number of ether oxygens (including phenoxy) is 2. The van der Waals surface area contributed by atoms with Gasteiger partial charge in [-0.1, -0.05) is 30.3 Å². The van der Waals surface area contributed by atoms with E-state index in [9.17, 15) is 13.2 Å². The lowest BCUT2D eigenvalue weighted by Gasteiger charge is -2.26. The zero-order valence-corrected chi connectivity index (χ0v) is 18.1. The molecule has 1 atom stereocenters. The predicted molar refractivity (Wildman–Crippen MR) is 117 cm³/mol. The molecular formula is C25H30F3NO2. The third-order valence-corrected chi connectivity index (χ3v) is 5.45. The fourth-order valence-electron chi connectivity index (χ4n) is 3.74. The first-order valence-corrected chi connectivity index (χ1v) is 10.8. The molecule has 2 aromatic rings. The van der Waals surface area contributed by atoms with Crippen molar-refractivity contribution in [1.82, 2.24) is 4.90 Å².